The van der Waals surface area contributed by atoms with E-state index >= 15 is 0 Å². The van der Waals surface area contributed by atoms with Crippen molar-refractivity contribution < 1.29 is 23.7 Å². The predicted molar refractivity (Wildman–Crippen MR) is 146 cm³/mol. The van der Waals surface area contributed by atoms with Crippen LogP contribution in [0, 0.1) is 0 Å². The minimum atomic E-state index is -0.338. The number of esters is 1. The van der Waals surface area contributed by atoms with Crippen LogP contribution in [0.4, 0.5) is 0 Å². The number of carbonyl (C=O) groups is 1. The number of rotatable bonds is 11. The highest BCUT2D eigenvalue weighted by atomic mass is 16.7. The van der Waals surface area contributed by atoms with E-state index in [4.69, 9.17) is 18.9 Å². The fourth-order valence-corrected chi connectivity index (χ4v) is 4.53. The molecule has 0 spiro atoms. The second-order valence-electron chi connectivity index (χ2n) is 8.79. The lowest BCUT2D eigenvalue weighted by atomic mass is 9.88. The Morgan fingerprint density at radius 3 is 2.00 bits per heavy atom. The molecule has 0 aliphatic carbocycles. The van der Waals surface area contributed by atoms with Gasteiger partial charge in [0.1, 0.15) is 18.1 Å². The molecule has 0 bridgehead atoms. The maximum atomic E-state index is 11.4. The van der Waals surface area contributed by atoms with Gasteiger partial charge in [0, 0.05) is 13.5 Å². The highest BCUT2D eigenvalue weighted by Gasteiger charge is 2.18. The average molecular weight is 502 g/mol. The SMILES string of the molecule is CC/C(=C(/c1ccc(OCCN(CC)CC)cc1)c1ccc(OC(C)=O)cc1)c1ccc2c(c1)OCO2. The molecule has 0 unspecified atom stereocenters. The molecule has 1 heterocycles. The van der Waals surface area contributed by atoms with Gasteiger partial charge in [0.15, 0.2) is 11.5 Å². The molecule has 0 N–H and O–H groups in total. The van der Waals surface area contributed by atoms with E-state index in [2.05, 4.69) is 43.9 Å². The summed E-state index contributed by atoms with van der Waals surface area (Å²) in [5, 5.41) is 0. The van der Waals surface area contributed by atoms with Crippen LogP contribution in [-0.4, -0.2) is 43.9 Å². The van der Waals surface area contributed by atoms with Gasteiger partial charge in [-0.25, -0.2) is 0 Å². The number of fused-ring (bicyclic) bond motifs is 1. The molecule has 0 atom stereocenters. The number of allylic oxidation sites excluding steroid dienone is 1. The summed E-state index contributed by atoms with van der Waals surface area (Å²) in [4.78, 5) is 13.7. The van der Waals surface area contributed by atoms with E-state index in [1.165, 1.54) is 12.5 Å². The van der Waals surface area contributed by atoms with Gasteiger partial charge in [-0.2, -0.15) is 0 Å². The molecule has 3 aromatic rings. The lowest BCUT2D eigenvalue weighted by molar-refractivity contribution is -0.131. The molecule has 6 heteroatoms. The molecule has 0 fully saturated rings. The number of carbonyl (C=O) groups excluding carboxylic acids is 1. The molecule has 0 aromatic heterocycles. The molecular formula is C31H35NO5. The van der Waals surface area contributed by atoms with Gasteiger partial charge in [-0.3, -0.25) is 4.79 Å². The van der Waals surface area contributed by atoms with Gasteiger partial charge < -0.3 is 23.8 Å². The van der Waals surface area contributed by atoms with Gasteiger partial charge in [-0.15, -0.1) is 0 Å². The lowest BCUT2D eigenvalue weighted by Gasteiger charge is -2.19. The third-order valence-corrected chi connectivity index (χ3v) is 6.49. The van der Waals surface area contributed by atoms with Crippen molar-refractivity contribution in [2.75, 3.05) is 33.0 Å². The maximum Gasteiger partial charge on any atom is 0.308 e. The zero-order valence-corrected chi connectivity index (χ0v) is 22.1. The highest BCUT2D eigenvalue weighted by Crippen LogP contribution is 2.40. The lowest BCUT2D eigenvalue weighted by Crippen LogP contribution is -2.27. The molecule has 37 heavy (non-hydrogen) atoms. The Hall–Kier alpha value is -3.77. The van der Waals surface area contributed by atoms with Crippen LogP contribution in [0.1, 0.15) is 50.8 Å². The van der Waals surface area contributed by atoms with Gasteiger partial charge in [0.2, 0.25) is 6.79 Å². The first-order valence-electron chi connectivity index (χ1n) is 12.9. The normalized spacial score (nSPS) is 12.9. The summed E-state index contributed by atoms with van der Waals surface area (Å²) in [6.45, 7) is 11.7. The zero-order valence-electron chi connectivity index (χ0n) is 22.1. The van der Waals surface area contributed by atoms with Crippen molar-refractivity contribution in [2.45, 2.75) is 34.1 Å². The number of likely N-dealkylation sites (N-methyl/N-ethyl adjacent to an activating group) is 1. The Bertz CT molecular complexity index is 1230. The summed E-state index contributed by atoms with van der Waals surface area (Å²) in [5.41, 5.74) is 5.45. The third-order valence-electron chi connectivity index (χ3n) is 6.49. The third kappa shape index (κ3) is 6.52. The minimum absolute atomic E-state index is 0.240. The topological polar surface area (TPSA) is 57.2 Å². The Labute approximate surface area is 219 Å². The first-order chi connectivity index (χ1) is 18.0. The van der Waals surface area contributed by atoms with Crippen LogP contribution in [0.3, 0.4) is 0 Å². The van der Waals surface area contributed by atoms with Crippen LogP contribution < -0.4 is 18.9 Å². The molecule has 0 amide bonds. The Morgan fingerprint density at radius 1 is 0.811 bits per heavy atom. The molecular weight excluding hydrogens is 466 g/mol. The van der Waals surface area contributed by atoms with E-state index in [0.717, 1.165) is 65.6 Å². The van der Waals surface area contributed by atoms with Crippen molar-refractivity contribution >= 4 is 17.1 Å². The Balaban J connectivity index is 1.69. The summed E-state index contributed by atoms with van der Waals surface area (Å²) in [5.74, 6) is 2.55. The zero-order chi connectivity index (χ0) is 26.2. The molecule has 6 nitrogen and oxygen atoms in total. The number of hydrogen-bond donors (Lipinski definition) is 0. The van der Waals surface area contributed by atoms with E-state index in [1.807, 2.05) is 48.5 Å². The standard InChI is InChI=1S/C31H35NO5/c1-5-28(25-12-17-29-30(20-25)36-21-35-29)31(24-10-15-27(16-11-24)37-22(4)33)23-8-13-26(14-9-23)34-19-18-32(6-2)7-3/h8-17,20H,5-7,18-19,21H2,1-4H3/b31-28+. The van der Waals surface area contributed by atoms with E-state index in [0.29, 0.717) is 12.4 Å². The van der Waals surface area contributed by atoms with Crippen molar-refractivity contribution in [2.24, 2.45) is 0 Å². The van der Waals surface area contributed by atoms with Crippen LogP contribution >= 0.6 is 0 Å². The molecule has 194 valence electrons. The van der Waals surface area contributed by atoms with E-state index in [1.54, 1.807) is 0 Å². The van der Waals surface area contributed by atoms with Crippen LogP contribution in [0.2, 0.25) is 0 Å². The quantitative estimate of drug-likeness (QED) is 0.171. The minimum Gasteiger partial charge on any atom is -0.492 e. The van der Waals surface area contributed by atoms with Crippen molar-refractivity contribution in [1.29, 1.82) is 0 Å². The largest absolute Gasteiger partial charge is 0.492 e. The number of nitrogens with zero attached hydrogens (tertiary/aromatic N) is 1. The average Bonchev–Trinajstić information content (AvgIpc) is 3.39. The summed E-state index contributed by atoms with van der Waals surface area (Å²) < 4.78 is 22.4. The van der Waals surface area contributed by atoms with Crippen LogP contribution in [0.5, 0.6) is 23.0 Å². The van der Waals surface area contributed by atoms with Crippen molar-refractivity contribution in [1.82, 2.24) is 4.90 Å². The molecule has 0 saturated heterocycles. The number of hydrogen-bond acceptors (Lipinski definition) is 6. The maximum absolute atomic E-state index is 11.4. The molecule has 0 saturated carbocycles. The van der Waals surface area contributed by atoms with Gasteiger partial charge in [-0.05, 0) is 83.7 Å². The Kier molecular flexibility index (Phi) is 8.86. The Morgan fingerprint density at radius 2 is 1.41 bits per heavy atom. The first-order valence-corrected chi connectivity index (χ1v) is 12.9. The van der Waals surface area contributed by atoms with Crippen molar-refractivity contribution in [3.8, 4) is 23.0 Å². The van der Waals surface area contributed by atoms with Crippen molar-refractivity contribution in [3.05, 3.63) is 83.4 Å². The number of benzene rings is 3. The van der Waals surface area contributed by atoms with Crippen LogP contribution in [0.15, 0.2) is 66.7 Å². The predicted octanol–water partition coefficient (Wildman–Crippen LogP) is 6.43. The van der Waals surface area contributed by atoms with Crippen molar-refractivity contribution in [3.63, 3.8) is 0 Å². The fraction of sp³-hybridized carbons (Fsp3) is 0.323. The van der Waals surface area contributed by atoms with E-state index in [-0.39, 0.29) is 12.8 Å². The second-order valence-corrected chi connectivity index (χ2v) is 8.79. The van der Waals surface area contributed by atoms with Gasteiger partial charge in [-0.1, -0.05) is 51.1 Å². The smallest absolute Gasteiger partial charge is 0.308 e. The van der Waals surface area contributed by atoms with Crippen LogP contribution in [-0.2, 0) is 4.79 Å². The summed E-state index contributed by atoms with van der Waals surface area (Å²) in [6.07, 6.45) is 0.808. The van der Waals surface area contributed by atoms with Crippen LogP contribution in [0.25, 0.3) is 11.1 Å². The fourth-order valence-electron chi connectivity index (χ4n) is 4.53. The van der Waals surface area contributed by atoms with Gasteiger partial charge in [0.25, 0.3) is 0 Å². The van der Waals surface area contributed by atoms with Gasteiger partial charge in [0.05, 0.1) is 0 Å². The molecule has 1 aliphatic rings. The highest BCUT2D eigenvalue weighted by molar-refractivity contribution is 5.99. The summed E-state index contributed by atoms with van der Waals surface area (Å²) >= 11 is 0. The number of ether oxygens (including phenoxy) is 4. The summed E-state index contributed by atoms with van der Waals surface area (Å²) in [6, 6.07) is 22.0. The van der Waals surface area contributed by atoms with Gasteiger partial charge >= 0.3 is 5.97 Å². The molecule has 0 radical (unpaired) electrons. The van der Waals surface area contributed by atoms with E-state index in [9.17, 15) is 4.79 Å². The summed E-state index contributed by atoms with van der Waals surface area (Å²) in [7, 11) is 0. The molecule has 1 aliphatic heterocycles. The first kappa shape index (κ1) is 26.3. The monoisotopic (exact) mass is 501 g/mol. The second kappa shape index (κ2) is 12.5. The van der Waals surface area contributed by atoms with E-state index < -0.39 is 0 Å². The molecule has 4 rings (SSSR count). The molecule has 3 aromatic carbocycles.